The van der Waals surface area contributed by atoms with E-state index in [4.69, 9.17) is 0 Å². The molecule has 0 heterocycles. The van der Waals surface area contributed by atoms with Crippen LogP contribution in [0.5, 0.6) is 0 Å². The molecule has 18 heavy (non-hydrogen) atoms. The van der Waals surface area contributed by atoms with Gasteiger partial charge in [-0.2, -0.15) is 0 Å². The van der Waals surface area contributed by atoms with Gasteiger partial charge in [-0.25, -0.2) is 0 Å². The van der Waals surface area contributed by atoms with E-state index in [1.54, 1.807) is 0 Å². The number of carboxylic acid groups (broad SMARTS) is 2. The third-order valence-corrected chi connectivity index (χ3v) is 5.87. The van der Waals surface area contributed by atoms with Crippen LogP contribution >= 0.6 is 0 Å². The fourth-order valence-corrected chi connectivity index (χ4v) is 5.16. The fraction of sp³-hybridized carbons (Fsp3) is 0.857. The van der Waals surface area contributed by atoms with Crippen LogP contribution < -0.4 is 0 Å². The van der Waals surface area contributed by atoms with Gasteiger partial charge in [-0.1, -0.05) is 12.8 Å². The summed E-state index contributed by atoms with van der Waals surface area (Å²) in [6, 6.07) is 0. The highest BCUT2D eigenvalue weighted by Crippen LogP contribution is 2.63. The van der Waals surface area contributed by atoms with Crippen molar-refractivity contribution in [3.8, 4) is 0 Å². The highest BCUT2D eigenvalue weighted by molar-refractivity contribution is 5.84. The first-order valence-electron chi connectivity index (χ1n) is 7.03. The molecular formula is C14H20O4. The van der Waals surface area contributed by atoms with Gasteiger partial charge in [-0.3, -0.25) is 9.59 Å². The molecular weight excluding hydrogens is 232 g/mol. The fourth-order valence-electron chi connectivity index (χ4n) is 5.16. The van der Waals surface area contributed by atoms with Crippen LogP contribution in [0.1, 0.15) is 44.9 Å². The summed E-state index contributed by atoms with van der Waals surface area (Å²) in [6.45, 7) is 0. The number of carbonyl (C=O) groups is 2. The molecule has 4 fully saturated rings. The molecule has 4 rings (SSSR count). The van der Waals surface area contributed by atoms with E-state index in [-0.39, 0.29) is 5.92 Å². The molecule has 0 radical (unpaired) electrons. The Kier molecular flexibility index (Phi) is 2.65. The van der Waals surface area contributed by atoms with E-state index in [1.807, 2.05) is 0 Å². The topological polar surface area (TPSA) is 74.6 Å². The molecule has 4 saturated carbocycles. The van der Waals surface area contributed by atoms with Gasteiger partial charge in [0.25, 0.3) is 0 Å². The minimum absolute atomic E-state index is 0.109. The summed E-state index contributed by atoms with van der Waals surface area (Å²) in [4.78, 5) is 23.3. The summed E-state index contributed by atoms with van der Waals surface area (Å²) >= 11 is 0. The molecule has 0 saturated heterocycles. The first-order chi connectivity index (χ1) is 8.57. The van der Waals surface area contributed by atoms with Crippen molar-refractivity contribution in [1.29, 1.82) is 0 Å². The predicted octanol–water partition coefficient (Wildman–Crippen LogP) is 2.38. The Labute approximate surface area is 106 Å². The lowest BCUT2D eigenvalue weighted by molar-refractivity contribution is -0.193. The summed E-state index contributed by atoms with van der Waals surface area (Å²) in [5.41, 5.74) is -0.967. The van der Waals surface area contributed by atoms with Gasteiger partial charge in [0.1, 0.15) is 0 Å². The first-order valence-corrected chi connectivity index (χ1v) is 7.03. The molecule has 0 amide bonds. The molecule has 2 N–H and O–H groups in total. The molecule has 100 valence electrons. The van der Waals surface area contributed by atoms with E-state index < -0.39 is 23.3 Å². The van der Waals surface area contributed by atoms with E-state index in [0.29, 0.717) is 24.7 Å². The summed E-state index contributed by atoms with van der Waals surface area (Å²) in [7, 11) is 0. The molecule has 0 aromatic rings. The second-order valence-corrected chi connectivity index (χ2v) is 6.33. The van der Waals surface area contributed by atoms with E-state index in [2.05, 4.69) is 0 Å². The van der Waals surface area contributed by atoms with Crippen LogP contribution in [-0.4, -0.2) is 22.2 Å². The van der Waals surface area contributed by atoms with Gasteiger partial charge < -0.3 is 10.2 Å². The zero-order valence-electron chi connectivity index (χ0n) is 10.5. The van der Waals surface area contributed by atoms with Crippen LogP contribution in [0.3, 0.4) is 0 Å². The minimum Gasteiger partial charge on any atom is -0.481 e. The Morgan fingerprint density at radius 3 is 2.44 bits per heavy atom. The zero-order chi connectivity index (χ0) is 12.9. The standard InChI is InChI=1S/C14H20O4/c15-12(16)11-7-8-5-6-14(11,13(17)18)10-4-2-1-3-9(8)10/h8-11H,1-7H2,(H,15,16)(H,17,18). The van der Waals surface area contributed by atoms with Crippen molar-refractivity contribution >= 4 is 11.9 Å². The van der Waals surface area contributed by atoms with Crippen LogP contribution in [0.2, 0.25) is 0 Å². The van der Waals surface area contributed by atoms with Gasteiger partial charge in [0.15, 0.2) is 0 Å². The maximum absolute atomic E-state index is 11.8. The van der Waals surface area contributed by atoms with Crippen molar-refractivity contribution in [3.63, 3.8) is 0 Å². The molecule has 0 spiro atoms. The van der Waals surface area contributed by atoms with Crippen LogP contribution in [-0.2, 0) is 9.59 Å². The summed E-state index contributed by atoms with van der Waals surface area (Å²) < 4.78 is 0. The van der Waals surface area contributed by atoms with Crippen LogP contribution in [0.4, 0.5) is 0 Å². The van der Waals surface area contributed by atoms with Crippen LogP contribution in [0, 0.1) is 29.1 Å². The SMILES string of the molecule is O=C(O)C1CC2CCC1(C(=O)O)C1CCCCC21. The van der Waals surface area contributed by atoms with Gasteiger partial charge >= 0.3 is 11.9 Å². The molecule has 4 aliphatic rings. The zero-order valence-corrected chi connectivity index (χ0v) is 10.5. The summed E-state index contributed by atoms with van der Waals surface area (Å²) in [5, 5.41) is 19.1. The maximum Gasteiger partial charge on any atom is 0.310 e. The van der Waals surface area contributed by atoms with E-state index in [0.717, 1.165) is 25.7 Å². The number of fused-ring (bicyclic) bond motifs is 2. The number of hydrogen-bond donors (Lipinski definition) is 2. The van der Waals surface area contributed by atoms with Crippen molar-refractivity contribution in [1.82, 2.24) is 0 Å². The van der Waals surface area contributed by atoms with Gasteiger partial charge in [-0.05, 0) is 49.9 Å². The van der Waals surface area contributed by atoms with E-state index in [1.165, 1.54) is 6.42 Å². The summed E-state index contributed by atoms with van der Waals surface area (Å²) in [6.07, 6.45) is 6.35. The quantitative estimate of drug-likeness (QED) is 0.791. The molecule has 4 aliphatic carbocycles. The molecule has 0 aromatic carbocycles. The second-order valence-electron chi connectivity index (χ2n) is 6.33. The van der Waals surface area contributed by atoms with Gasteiger partial charge in [-0.15, -0.1) is 0 Å². The molecule has 4 nitrogen and oxygen atoms in total. The molecule has 5 unspecified atom stereocenters. The average molecular weight is 252 g/mol. The van der Waals surface area contributed by atoms with Gasteiger partial charge in [0.2, 0.25) is 0 Å². The largest absolute Gasteiger partial charge is 0.481 e. The Bertz CT molecular complexity index is 391. The van der Waals surface area contributed by atoms with Crippen LogP contribution in [0.25, 0.3) is 0 Å². The Morgan fingerprint density at radius 1 is 1.06 bits per heavy atom. The smallest absolute Gasteiger partial charge is 0.310 e. The lowest BCUT2D eigenvalue weighted by atomic mass is 9.44. The number of carboxylic acids is 2. The minimum atomic E-state index is -0.967. The molecule has 5 atom stereocenters. The molecule has 4 heteroatoms. The highest BCUT2D eigenvalue weighted by Gasteiger charge is 2.64. The van der Waals surface area contributed by atoms with Crippen molar-refractivity contribution in [2.75, 3.05) is 0 Å². The second kappa shape index (κ2) is 3.97. The molecule has 0 aromatic heterocycles. The van der Waals surface area contributed by atoms with Gasteiger partial charge in [0, 0.05) is 0 Å². The van der Waals surface area contributed by atoms with E-state index >= 15 is 0 Å². The average Bonchev–Trinajstić information content (AvgIpc) is 2.39. The van der Waals surface area contributed by atoms with Crippen molar-refractivity contribution in [2.45, 2.75) is 44.9 Å². The van der Waals surface area contributed by atoms with Crippen LogP contribution in [0.15, 0.2) is 0 Å². The number of rotatable bonds is 2. The normalized spacial score (nSPS) is 46.4. The molecule has 0 aliphatic heterocycles. The monoisotopic (exact) mass is 252 g/mol. The Balaban J connectivity index is 2.04. The lowest BCUT2D eigenvalue weighted by Crippen LogP contribution is -2.60. The number of aliphatic carboxylic acids is 2. The lowest BCUT2D eigenvalue weighted by Gasteiger charge is -2.58. The van der Waals surface area contributed by atoms with Crippen molar-refractivity contribution in [2.24, 2.45) is 29.1 Å². The molecule has 2 bridgehead atoms. The van der Waals surface area contributed by atoms with E-state index in [9.17, 15) is 19.8 Å². The predicted molar refractivity (Wildman–Crippen MR) is 64.0 cm³/mol. The Hall–Kier alpha value is -1.06. The number of hydrogen-bond acceptors (Lipinski definition) is 2. The van der Waals surface area contributed by atoms with Crippen molar-refractivity contribution in [3.05, 3.63) is 0 Å². The van der Waals surface area contributed by atoms with Crippen molar-refractivity contribution < 1.29 is 19.8 Å². The third kappa shape index (κ3) is 1.38. The third-order valence-electron chi connectivity index (χ3n) is 5.87. The highest BCUT2D eigenvalue weighted by atomic mass is 16.4. The van der Waals surface area contributed by atoms with Gasteiger partial charge in [0.05, 0.1) is 11.3 Å². The maximum atomic E-state index is 11.8. The first kappa shape index (κ1) is 12.0. The Morgan fingerprint density at radius 2 is 1.78 bits per heavy atom. The summed E-state index contributed by atoms with van der Waals surface area (Å²) in [5.74, 6) is -1.38.